The van der Waals surface area contributed by atoms with Gasteiger partial charge in [-0.3, -0.25) is 9.59 Å². The first kappa shape index (κ1) is 27.3. The van der Waals surface area contributed by atoms with Gasteiger partial charge in [0.1, 0.15) is 11.9 Å². The van der Waals surface area contributed by atoms with Crippen molar-refractivity contribution in [3.05, 3.63) is 35.0 Å². The molecule has 206 valence electrons. The number of thiazole rings is 1. The van der Waals surface area contributed by atoms with E-state index >= 15 is 4.39 Å². The number of benzene rings is 1. The maximum atomic E-state index is 15.2. The molecular formula is C27H35ClFN5O3S. The van der Waals surface area contributed by atoms with Crippen LogP contribution in [0.25, 0.3) is 11.3 Å². The number of carbonyl (C=O) groups is 2. The van der Waals surface area contributed by atoms with Crippen molar-refractivity contribution in [2.24, 2.45) is 5.92 Å². The number of nitrogens with zero attached hydrogens (tertiary/aromatic N) is 4. The summed E-state index contributed by atoms with van der Waals surface area (Å²) in [6.07, 6.45) is 1.04. The van der Waals surface area contributed by atoms with Crippen molar-refractivity contribution in [1.29, 1.82) is 0 Å². The number of alkyl halides is 1. The highest BCUT2D eigenvalue weighted by atomic mass is 35.5. The molecule has 4 atom stereocenters. The van der Waals surface area contributed by atoms with Crippen molar-refractivity contribution in [3.8, 4) is 11.3 Å². The first-order valence-corrected chi connectivity index (χ1v) is 14.6. The quantitative estimate of drug-likeness (QED) is 0.520. The minimum absolute atomic E-state index is 0.0675. The molecule has 1 N–H and O–H groups in total. The number of fused-ring (bicyclic) bond motifs is 1. The number of hydrogen-bond acceptors (Lipinski definition) is 7. The Hall–Kier alpha value is -2.27. The summed E-state index contributed by atoms with van der Waals surface area (Å²) in [6, 6.07) is 3.61. The smallest absolute Gasteiger partial charge is 0.252 e. The maximum Gasteiger partial charge on any atom is 0.252 e. The summed E-state index contributed by atoms with van der Waals surface area (Å²) in [7, 11) is 2.10. The van der Waals surface area contributed by atoms with Crippen molar-refractivity contribution in [2.75, 3.05) is 51.3 Å². The van der Waals surface area contributed by atoms with Gasteiger partial charge in [-0.05, 0) is 44.0 Å². The average molecular weight is 564 g/mol. The summed E-state index contributed by atoms with van der Waals surface area (Å²) in [6.45, 7) is 8.68. The molecule has 3 fully saturated rings. The molecule has 3 aliphatic heterocycles. The maximum absolute atomic E-state index is 15.2. The standard InChI is InChI=1S/C27H35ClFN5O3S/c1-16(2)12-21(26(36)34-14-19(28)24-23(34)6-11-37-24)30-25(35)17-4-5-18(20(29)13-17)22-15-38-27(31-22)33-9-7-32(3)8-10-33/h4-5,13,15-16,19,21,23-24H,6-12,14H2,1-3H3,(H,30,35)/t19?,21?,23-,24-/m1/s1. The summed E-state index contributed by atoms with van der Waals surface area (Å²) in [5.74, 6) is -0.985. The topological polar surface area (TPSA) is 78.0 Å². The zero-order chi connectivity index (χ0) is 27.0. The van der Waals surface area contributed by atoms with Crippen LogP contribution in [-0.4, -0.2) is 96.5 Å². The van der Waals surface area contributed by atoms with E-state index in [9.17, 15) is 9.59 Å². The fourth-order valence-corrected chi connectivity index (χ4v) is 6.76. The number of hydrogen-bond donors (Lipinski definition) is 1. The third-order valence-corrected chi connectivity index (χ3v) is 8.89. The lowest BCUT2D eigenvalue weighted by Crippen LogP contribution is -2.51. The van der Waals surface area contributed by atoms with E-state index in [0.717, 1.165) is 37.7 Å². The lowest BCUT2D eigenvalue weighted by molar-refractivity contribution is -0.134. The van der Waals surface area contributed by atoms with E-state index in [0.29, 0.717) is 30.8 Å². The zero-order valence-corrected chi connectivity index (χ0v) is 23.6. The number of carbonyl (C=O) groups excluding carboxylic acids is 2. The minimum atomic E-state index is -0.724. The Bertz CT molecular complexity index is 1170. The van der Waals surface area contributed by atoms with Gasteiger partial charge in [0.25, 0.3) is 5.91 Å². The Kier molecular flexibility index (Phi) is 8.23. The molecule has 2 aromatic rings. The molecule has 2 amide bonds. The summed E-state index contributed by atoms with van der Waals surface area (Å²) in [4.78, 5) is 37.6. The molecule has 2 unspecified atom stereocenters. The van der Waals surface area contributed by atoms with Gasteiger partial charge in [-0.2, -0.15) is 0 Å². The van der Waals surface area contributed by atoms with Crippen LogP contribution >= 0.6 is 22.9 Å². The highest BCUT2D eigenvalue weighted by Crippen LogP contribution is 2.33. The molecule has 11 heteroatoms. The second-order valence-corrected chi connectivity index (χ2v) is 12.3. The molecule has 0 spiro atoms. The molecule has 1 aromatic carbocycles. The van der Waals surface area contributed by atoms with Crippen LogP contribution < -0.4 is 10.2 Å². The third-order valence-electron chi connectivity index (χ3n) is 7.60. The number of nitrogens with one attached hydrogen (secondary N) is 1. The normalized spacial score (nSPS) is 24.6. The molecule has 5 rings (SSSR count). The summed E-state index contributed by atoms with van der Waals surface area (Å²) < 4.78 is 20.9. The van der Waals surface area contributed by atoms with E-state index in [-0.39, 0.29) is 34.9 Å². The van der Waals surface area contributed by atoms with E-state index in [1.54, 1.807) is 17.0 Å². The second kappa shape index (κ2) is 11.5. The van der Waals surface area contributed by atoms with Gasteiger partial charge < -0.3 is 24.8 Å². The predicted molar refractivity (Wildman–Crippen MR) is 147 cm³/mol. The van der Waals surface area contributed by atoms with E-state index in [2.05, 4.69) is 27.1 Å². The van der Waals surface area contributed by atoms with E-state index in [1.807, 2.05) is 19.2 Å². The van der Waals surface area contributed by atoms with Gasteiger partial charge in [0, 0.05) is 55.8 Å². The molecule has 38 heavy (non-hydrogen) atoms. The van der Waals surface area contributed by atoms with Crippen LogP contribution in [0.3, 0.4) is 0 Å². The number of piperazine rings is 1. The van der Waals surface area contributed by atoms with Gasteiger partial charge in [0.2, 0.25) is 5.91 Å². The predicted octanol–water partition coefficient (Wildman–Crippen LogP) is 3.45. The zero-order valence-electron chi connectivity index (χ0n) is 22.0. The molecule has 3 saturated heterocycles. The Labute approximate surface area is 232 Å². The first-order chi connectivity index (χ1) is 18.2. The lowest BCUT2D eigenvalue weighted by atomic mass is 10.0. The van der Waals surface area contributed by atoms with Crippen molar-refractivity contribution < 1.29 is 18.7 Å². The van der Waals surface area contributed by atoms with Crippen molar-refractivity contribution in [3.63, 3.8) is 0 Å². The van der Waals surface area contributed by atoms with Gasteiger partial charge in [-0.1, -0.05) is 13.8 Å². The Morgan fingerprint density at radius 1 is 1.26 bits per heavy atom. The van der Waals surface area contributed by atoms with Gasteiger partial charge in [0.05, 0.1) is 23.2 Å². The summed E-state index contributed by atoms with van der Waals surface area (Å²) in [5, 5.41) is 5.34. The highest BCUT2D eigenvalue weighted by Gasteiger charge is 2.48. The molecule has 0 radical (unpaired) electrons. The van der Waals surface area contributed by atoms with Crippen LogP contribution in [0.1, 0.15) is 37.0 Å². The number of anilines is 1. The fraction of sp³-hybridized carbons (Fsp3) is 0.593. The van der Waals surface area contributed by atoms with Crippen LogP contribution in [-0.2, 0) is 9.53 Å². The number of ether oxygens (including phenoxy) is 1. The Morgan fingerprint density at radius 2 is 2.03 bits per heavy atom. The first-order valence-electron chi connectivity index (χ1n) is 13.3. The Balaban J connectivity index is 1.28. The molecule has 3 aliphatic rings. The molecule has 4 heterocycles. The monoisotopic (exact) mass is 563 g/mol. The van der Waals surface area contributed by atoms with Crippen LogP contribution in [0.2, 0.25) is 0 Å². The molecule has 0 aliphatic carbocycles. The highest BCUT2D eigenvalue weighted by molar-refractivity contribution is 7.14. The molecule has 1 aromatic heterocycles. The molecular weight excluding hydrogens is 529 g/mol. The van der Waals surface area contributed by atoms with Crippen LogP contribution in [0.15, 0.2) is 23.6 Å². The van der Waals surface area contributed by atoms with E-state index in [1.165, 1.54) is 17.4 Å². The SMILES string of the molecule is CC(C)CC(NC(=O)c1ccc(-c2csc(N3CCN(C)CC3)n2)c(F)c1)C(=O)N1CC(Cl)[C@H]2OCC[C@H]21. The van der Waals surface area contributed by atoms with Gasteiger partial charge in [-0.15, -0.1) is 22.9 Å². The fourth-order valence-electron chi connectivity index (χ4n) is 5.49. The third kappa shape index (κ3) is 5.68. The van der Waals surface area contributed by atoms with Crippen molar-refractivity contribution in [1.82, 2.24) is 20.1 Å². The number of aromatic nitrogens is 1. The summed E-state index contributed by atoms with van der Waals surface area (Å²) >= 11 is 7.94. The van der Waals surface area contributed by atoms with Crippen LogP contribution in [0.5, 0.6) is 0 Å². The van der Waals surface area contributed by atoms with Crippen LogP contribution in [0, 0.1) is 11.7 Å². The lowest BCUT2D eigenvalue weighted by Gasteiger charge is -2.32. The minimum Gasteiger partial charge on any atom is -0.374 e. The summed E-state index contributed by atoms with van der Waals surface area (Å²) in [5.41, 5.74) is 1.07. The number of rotatable bonds is 7. The van der Waals surface area contributed by atoms with Crippen LogP contribution in [0.4, 0.5) is 9.52 Å². The molecule has 8 nitrogen and oxygen atoms in total. The number of halogens is 2. The largest absolute Gasteiger partial charge is 0.374 e. The van der Waals surface area contributed by atoms with Gasteiger partial charge >= 0.3 is 0 Å². The average Bonchev–Trinajstić information content (AvgIpc) is 3.62. The van der Waals surface area contributed by atoms with E-state index in [4.69, 9.17) is 16.3 Å². The number of likely N-dealkylation sites (tertiary alicyclic amines) is 1. The van der Waals surface area contributed by atoms with Gasteiger partial charge in [-0.25, -0.2) is 9.37 Å². The van der Waals surface area contributed by atoms with Gasteiger partial charge in [0.15, 0.2) is 5.13 Å². The number of amides is 2. The second-order valence-electron chi connectivity index (χ2n) is 10.9. The van der Waals surface area contributed by atoms with Crippen molar-refractivity contribution in [2.45, 2.75) is 50.3 Å². The Morgan fingerprint density at radius 3 is 2.74 bits per heavy atom. The molecule has 0 bridgehead atoms. The number of likely N-dealkylation sites (N-methyl/N-ethyl adjacent to an activating group) is 1. The van der Waals surface area contributed by atoms with E-state index < -0.39 is 17.8 Å². The van der Waals surface area contributed by atoms with Crippen molar-refractivity contribution >= 4 is 39.9 Å². The molecule has 0 saturated carbocycles.